The van der Waals surface area contributed by atoms with Gasteiger partial charge in [-0.25, -0.2) is 4.98 Å². The Morgan fingerprint density at radius 1 is 1.29 bits per heavy atom. The van der Waals surface area contributed by atoms with Crippen LogP contribution in [0.5, 0.6) is 5.75 Å². The molecule has 0 unspecified atom stereocenters. The summed E-state index contributed by atoms with van der Waals surface area (Å²) in [6, 6.07) is 9.08. The fourth-order valence-corrected chi connectivity index (χ4v) is 3.70. The number of anilines is 1. The zero-order valence-electron chi connectivity index (χ0n) is 18.4. The molecule has 2 atom stereocenters. The van der Waals surface area contributed by atoms with Crippen LogP contribution < -0.4 is 10.9 Å². The van der Waals surface area contributed by atoms with Gasteiger partial charge in [0, 0.05) is 13.0 Å². The highest BCUT2D eigenvalue weighted by Crippen LogP contribution is 2.37. The van der Waals surface area contributed by atoms with E-state index in [0.717, 1.165) is 4.57 Å². The zero-order valence-corrected chi connectivity index (χ0v) is 18.4. The smallest absolute Gasteiger partial charge is 0.296 e. The average molecular weight is 461 g/mol. The molecule has 0 saturated carbocycles. The standard InChI is InChI=1S/C21H19N9O4/c1-11(15(18-26-28-30(3)27-18)14-7-5-4-6-12(14)8-22)19-25-16(17(31)21(33)29(19)2)20(32)24-13-9-23-34-10-13/h4-7,9-11,15,31H,1-3H3,(H,24,32)/t11-,15-/m0/s1. The summed E-state index contributed by atoms with van der Waals surface area (Å²) in [5.74, 6) is -2.41. The fraction of sp³-hybridized carbons (Fsp3) is 0.238. The second-order valence-electron chi connectivity index (χ2n) is 7.50. The van der Waals surface area contributed by atoms with Crippen LogP contribution in [0.15, 0.2) is 46.0 Å². The molecule has 13 heteroatoms. The number of nitrogens with zero attached hydrogens (tertiary/aromatic N) is 8. The largest absolute Gasteiger partial charge is 0.501 e. The Morgan fingerprint density at radius 3 is 2.71 bits per heavy atom. The van der Waals surface area contributed by atoms with Crippen molar-refractivity contribution in [3.8, 4) is 11.8 Å². The number of carbonyl (C=O) groups excluding carboxylic acids is 1. The van der Waals surface area contributed by atoms with Crippen molar-refractivity contribution in [3.05, 3.63) is 75.5 Å². The number of hydrogen-bond donors (Lipinski definition) is 2. The Hall–Kier alpha value is -4.86. The number of benzene rings is 1. The van der Waals surface area contributed by atoms with Crippen molar-refractivity contribution in [1.29, 1.82) is 5.26 Å². The number of tetrazole rings is 1. The van der Waals surface area contributed by atoms with Gasteiger partial charge in [0.05, 0.1) is 30.8 Å². The maximum Gasteiger partial charge on any atom is 0.296 e. The van der Waals surface area contributed by atoms with Gasteiger partial charge in [-0.15, -0.1) is 10.2 Å². The van der Waals surface area contributed by atoms with Crippen LogP contribution >= 0.6 is 0 Å². The fourth-order valence-electron chi connectivity index (χ4n) is 3.70. The summed E-state index contributed by atoms with van der Waals surface area (Å²) in [5, 5.41) is 38.3. The summed E-state index contributed by atoms with van der Waals surface area (Å²) in [7, 11) is 3.04. The van der Waals surface area contributed by atoms with Crippen molar-refractivity contribution in [1.82, 2.24) is 34.9 Å². The van der Waals surface area contributed by atoms with Crippen molar-refractivity contribution in [2.24, 2.45) is 14.1 Å². The lowest BCUT2D eigenvalue weighted by atomic mass is 9.83. The van der Waals surface area contributed by atoms with Crippen molar-refractivity contribution in [2.45, 2.75) is 18.8 Å². The highest BCUT2D eigenvalue weighted by Gasteiger charge is 2.33. The van der Waals surface area contributed by atoms with E-state index in [-0.39, 0.29) is 11.5 Å². The number of nitrogens with one attached hydrogen (secondary N) is 1. The summed E-state index contributed by atoms with van der Waals surface area (Å²) >= 11 is 0. The monoisotopic (exact) mass is 461 g/mol. The molecule has 1 aromatic carbocycles. The molecule has 0 aliphatic heterocycles. The van der Waals surface area contributed by atoms with Gasteiger partial charge in [-0.2, -0.15) is 10.1 Å². The van der Waals surface area contributed by atoms with Gasteiger partial charge in [-0.05, 0) is 16.8 Å². The lowest BCUT2D eigenvalue weighted by Gasteiger charge is -2.24. The van der Waals surface area contributed by atoms with Gasteiger partial charge in [0.25, 0.3) is 11.5 Å². The van der Waals surface area contributed by atoms with Gasteiger partial charge in [0.15, 0.2) is 11.5 Å². The van der Waals surface area contributed by atoms with Crippen LogP contribution in [0.1, 0.15) is 52.0 Å². The molecule has 3 heterocycles. The molecular formula is C21H19N9O4. The molecule has 2 N–H and O–H groups in total. The SMILES string of the molecule is C[C@H](c1nc(C(=O)Nc2cnoc2)c(O)c(=O)n1C)[C@H](c1nnn(C)n1)c1ccccc1C#N. The van der Waals surface area contributed by atoms with Gasteiger partial charge in [-0.1, -0.05) is 30.3 Å². The van der Waals surface area contributed by atoms with Crippen LogP contribution in [0.4, 0.5) is 5.69 Å². The quantitative estimate of drug-likeness (QED) is 0.422. The topological polar surface area (TPSA) is 178 Å². The van der Waals surface area contributed by atoms with Crippen LogP contribution in [0.3, 0.4) is 0 Å². The Bertz CT molecular complexity index is 1450. The normalized spacial score (nSPS) is 12.6. The van der Waals surface area contributed by atoms with E-state index >= 15 is 0 Å². The van der Waals surface area contributed by atoms with Crippen molar-refractivity contribution in [3.63, 3.8) is 0 Å². The molecule has 0 bridgehead atoms. The predicted octanol–water partition coefficient (Wildman–Crippen LogP) is 1.06. The molecule has 0 fully saturated rings. The van der Waals surface area contributed by atoms with E-state index in [2.05, 4.69) is 41.5 Å². The van der Waals surface area contributed by atoms with E-state index in [1.54, 1.807) is 38.2 Å². The average Bonchev–Trinajstić information content (AvgIpc) is 3.50. The Balaban J connectivity index is 1.85. The molecule has 4 rings (SSSR count). The maximum atomic E-state index is 12.8. The molecule has 4 aromatic rings. The summed E-state index contributed by atoms with van der Waals surface area (Å²) in [5.41, 5.74) is -0.0623. The summed E-state index contributed by atoms with van der Waals surface area (Å²) in [4.78, 5) is 31.2. The number of aromatic hydroxyl groups is 1. The maximum absolute atomic E-state index is 12.8. The molecule has 0 spiro atoms. The van der Waals surface area contributed by atoms with Crippen molar-refractivity contribution >= 4 is 11.6 Å². The molecule has 1 amide bonds. The number of nitriles is 1. The minimum absolute atomic E-state index is 0.170. The van der Waals surface area contributed by atoms with E-state index in [4.69, 9.17) is 0 Å². The van der Waals surface area contributed by atoms with Gasteiger partial charge in [0.2, 0.25) is 5.75 Å². The Kier molecular flexibility index (Phi) is 5.88. The Morgan fingerprint density at radius 2 is 2.06 bits per heavy atom. The first kappa shape index (κ1) is 22.3. The van der Waals surface area contributed by atoms with Crippen LogP contribution in [-0.4, -0.2) is 45.9 Å². The van der Waals surface area contributed by atoms with E-state index in [9.17, 15) is 20.0 Å². The number of aryl methyl sites for hydroxylation is 1. The molecule has 172 valence electrons. The Labute approximate surface area is 192 Å². The third-order valence-electron chi connectivity index (χ3n) is 5.33. The third-order valence-corrected chi connectivity index (χ3v) is 5.33. The lowest BCUT2D eigenvalue weighted by Crippen LogP contribution is -2.29. The molecule has 3 aromatic heterocycles. The minimum atomic E-state index is -0.821. The molecular weight excluding hydrogens is 442 g/mol. The van der Waals surface area contributed by atoms with E-state index in [1.807, 2.05) is 0 Å². The summed E-state index contributed by atoms with van der Waals surface area (Å²) < 4.78 is 5.83. The summed E-state index contributed by atoms with van der Waals surface area (Å²) in [6.07, 6.45) is 2.45. The molecule has 0 aliphatic rings. The molecule has 13 nitrogen and oxygen atoms in total. The first-order chi connectivity index (χ1) is 16.3. The second kappa shape index (κ2) is 8.94. The van der Waals surface area contributed by atoms with E-state index in [1.165, 1.54) is 24.3 Å². The van der Waals surface area contributed by atoms with Crippen molar-refractivity contribution < 1.29 is 14.4 Å². The number of carbonyl (C=O) groups is 1. The van der Waals surface area contributed by atoms with Gasteiger partial charge in [0.1, 0.15) is 17.8 Å². The first-order valence-corrected chi connectivity index (χ1v) is 10.0. The highest BCUT2D eigenvalue weighted by atomic mass is 16.5. The number of rotatable bonds is 6. The van der Waals surface area contributed by atoms with Gasteiger partial charge >= 0.3 is 0 Å². The zero-order chi connectivity index (χ0) is 24.4. The second-order valence-corrected chi connectivity index (χ2v) is 7.50. The van der Waals surface area contributed by atoms with Crippen LogP contribution in [0, 0.1) is 11.3 Å². The van der Waals surface area contributed by atoms with Crippen LogP contribution in [-0.2, 0) is 14.1 Å². The van der Waals surface area contributed by atoms with Crippen molar-refractivity contribution in [2.75, 3.05) is 5.32 Å². The van der Waals surface area contributed by atoms with Gasteiger partial charge < -0.3 is 14.9 Å². The van der Waals surface area contributed by atoms with Crippen LogP contribution in [0.25, 0.3) is 0 Å². The predicted molar refractivity (Wildman–Crippen MR) is 116 cm³/mol. The minimum Gasteiger partial charge on any atom is -0.501 e. The summed E-state index contributed by atoms with van der Waals surface area (Å²) in [6.45, 7) is 1.76. The van der Waals surface area contributed by atoms with Gasteiger partial charge in [-0.3, -0.25) is 14.2 Å². The number of aromatic nitrogens is 7. The van der Waals surface area contributed by atoms with E-state index < -0.39 is 34.7 Å². The first-order valence-electron chi connectivity index (χ1n) is 10.0. The molecule has 0 aliphatic carbocycles. The molecule has 34 heavy (non-hydrogen) atoms. The molecule has 0 saturated heterocycles. The lowest BCUT2D eigenvalue weighted by molar-refractivity contribution is 0.101. The van der Waals surface area contributed by atoms with E-state index in [0.29, 0.717) is 17.0 Å². The molecule has 0 radical (unpaired) electrons. The third kappa shape index (κ3) is 3.99. The number of amides is 1. The van der Waals surface area contributed by atoms with Crippen LogP contribution in [0.2, 0.25) is 0 Å². The highest BCUT2D eigenvalue weighted by molar-refractivity contribution is 6.04. The number of hydrogen-bond acceptors (Lipinski definition) is 10.